The third-order valence-electron chi connectivity index (χ3n) is 4.15. The molecule has 0 unspecified atom stereocenters. The number of carbonyl (C=O) groups is 1. The van der Waals surface area contributed by atoms with Crippen LogP contribution in [-0.4, -0.2) is 44.0 Å². The molecule has 0 aliphatic heterocycles. The Kier molecular flexibility index (Phi) is 6.95. The van der Waals surface area contributed by atoms with Gasteiger partial charge in [-0.1, -0.05) is 26.7 Å². The summed E-state index contributed by atoms with van der Waals surface area (Å²) in [6.07, 6.45) is 6.96. The number of rotatable bonds is 8. The minimum absolute atomic E-state index is 0.0353. The normalized spacial score (nSPS) is 17.1. The van der Waals surface area contributed by atoms with E-state index in [4.69, 9.17) is 0 Å². The van der Waals surface area contributed by atoms with E-state index in [0.717, 1.165) is 38.5 Å². The summed E-state index contributed by atoms with van der Waals surface area (Å²) in [6, 6.07) is 0.120. The first-order valence-electron chi connectivity index (χ1n) is 7.64. The Morgan fingerprint density at radius 1 is 1.25 bits per heavy atom. The van der Waals surface area contributed by atoms with Crippen LogP contribution in [-0.2, 0) is 14.8 Å². The molecule has 0 atom stereocenters. The fourth-order valence-corrected chi connectivity index (χ4v) is 4.08. The highest BCUT2D eigenvalue weighted by molar-refractivity contribution is 7.88. The predicted octanol–water partition coefficient (Wildman–Crippen LogP) is 1.74. The fourth-order valence-electron chi connectivity index (χ4n) is 2.90. The van der Waals surface area contributed by atoms with Crippen LogP contribution in [0.2, 0.25) is 0 Å². The van der Waals surface area contributed by atoms with Gasteiger partial charge in [-0.05, 0) is 25.7 Å². The lowest BCUT2D eigenvalue weighted by atomic mass is 10.0. The summed E-state index contributed by atoms with van der Waals surface area (Å²) in [5.74, 6) is 0.0723. The molecule has 1 aliphatic carbocycles. The first-order valence-corrected chi connectivity index (χ1v) is 9.49. The topological polar surface area (TPSA) is 66.5 Å². The molecular weight excluding hydrogens is 276 g/mol. The molecule has 5 nitrogen and oxygen atoms in total. The molecule has 1 rings (SSSR count). The molecule has 0 bridgehead atoms. The monoisotopic (exact) mass is 304 g/mol. The molecular formula is C14H28N2O3S. The van der Waals surface area contributed by atoms with Gasteiger partial charge in [0.15, 0.2) is 0 Å². The van der Waals surface area contributed by atoms with Crippen molar-refractivity contribution in [3.05, 3.63) is 0 Å². The maximum absolute atomic E-state index is 11.9. The van der Waals surface area contributed by atoms with Crippen molar-refractivity contribution < 1.29 is 13.2 Å². The average Bonchev–Trinajstić information content (AvgIpc) is 2.88. The second kappa shape index (κ2) is 7.98. The van der Waals surface area contributed by atoms with Gasteiger partial charge < -0.3 is 5.32 Å². The first kappa shape index (κ1) is 17.4. The molecule has 0 radical (unpaired) electrons. The average molecular weight is 304 g/mol. The Hall–Kier alpha value is -0.620. The number of hydrogen-bond acceptors (Lipinski definition) is 3. The first-order chi connectivity index (χ1) is 9.40. The Morgan fingerprint density at radius 2 is 1.80 bits per heavy atom. The molecule has 1 amide bonds. The Balaban J connectivity index is 2.49. The molecule has 0 saturated heterocycles. The molecule has 1 aliphatic rings. The van der Waals surface area contributed by atoms with Crippen LogP contribution in [0, 0.1) is 5.92 Å². The molecule has 0 aromatic heterocycles. The third-order valence-corrected chi connectivity index (χ3v) is 5.48. The van der Waals surface area contributed by atoms with Crippen molar-refractivity contribution in [1.29, 1.82) is 0 Å². The van der Waals surface area contributed by atoms with Crippen LogP contribution in [0.3, 0.4) is 0 Å². The number of nitrogens with one attached hydrogen (secondary N) is 1. The highest BCUT2D eigenvalue weighted by atomic mass is 32.2. The highest BCUT2D eigenvalue weighted by Gasteiger charge is 2.28. The minimum Gasteiger partial charge on any atom is -0.355 e. The van der Waals surface area contributed by atoms with Crippen molar-refractivity contribution in [3.63, 3.8) is 0 Å². The van der Waals surface area contributed by atoms with Crippen molar-refractivity contribution in [2.24, 2.45) is 5.92 Å². The van der Waals surface area contributed by atoms with Crippen LogP contribution in [0.1, 0.15) is 52.4 Å². The van der Waals surface area contributed by atoms with Crippen molar-refractivity contribution in [2.45, 2.75) is 58.4 Å². The third kappa shape index (κ3) is 5.05. The summed E-state index contributed by atoms with van der Waals surface area (Å²) in [6.45, 7) is 4.78. The number of nitrogens with zero attached hydrogens (tertiary/aromatic N) is 1. The van der Waals surface area contributed by atoms with Crippen molar-refractivity contribution in [3.8, 4) is 0 Å². The van der Waals surface area contributed by atoms with E-state index in [1.807, 2.05) is 13.8 Å². The second-order valence-corrected chi connectivity index (χ2v) is 7.55. The van der Waals surface area contributed by atoms with Crippen molar-refractivity contribution >= 4 is 15.9 Å². The van der Waals surface area contributed by atoms with Crippen molar-refractivity contribution in [1.82, 2.24) is 9.62 Å². The van der Waals surface area contributed by atoms with Gasteiger partial charge in [-0.2, -0.15) is 4.31 Å². The molecule has 118 valence electrons. The summed E-state index contributed by atoms with van der Waals surface area (Å²) in [7, 11) is -3.20. The van der Waals surface area contributed by atoms with Crippen LogP contribution < -0.4 is 5.32 Å². The van der Waals surface area contributed by atoms with E-state index in [9.17, 15) is 13.2 Å². The van der Waals surface area contributed by atoms with Crippen LogP contribution in [0.5, 0.6) is 0 Å². The molecule has 0 aromatic carbocycles. The lowest BCUT2D eigenvalue weighted by molar-refractivity contribution is -0.125. The highest BCUT2D eigenvalue weighted by Crippen LogP contribution is 2.24. The summed E-state index contributed by atoms with van der Waals surface area (Å²) in [4.78, 5) is 11.9. The molecule has 0 heterocycles. The van der Waals surface area contributed by atoms with Gasteiger partial charge in [-0.25, -0.2) is 8.42 Å². The van der Waals surface area contributed by atoms with Gasteiger partial charge in [0, 0.05) is 25.0 Å². The summed E-state index contributed by atoms with van der Waals surface area (Å²) in [5.41, 5.74) is 0. The van der Waals surface area contributed by atoms with Gasteiger partial charge in [0.05, 0.1) is 6.26 Å². The maximum atomic E-state index is 11.9. The van der Waals surface area contributed by atoms with Gasteiger partial charge in [-0.15, -0.1) is 0 Å². The number of hydrogen-bond donors (Lipinski definition) is 1. The second-order valence-electron chi connectivity index (χ2n) is 5.62. The van der Waals surface area contributed by atoms with Crippen LogP contribution >= 0.6 is 0 Å². The smallest absolute Gasteiger partial charge is 0.223 e. The van der Waals surface area contributed by atoms with Crippen LogP contribution in [0.25, 0.3) is 0 Å². The Bertz CT molecular complexity index is 399. The standard InChI is InChI=1S/C14H28N2O3S/c1-4-12(5-2)14(17)15-10-11-16(20(3,18)19)13-8-6-7-9-13/h12-13H,4-11H2,1-3H3,(H,15,17). The zero-order valence-electron chi connectivity index (χ0n) is 12.9. The van der Waals surface area contributed by atoms with Crippen molar-refractivity contribution in [2.75, 3.05) is 19.3 Å². The van der Waals surface area contributed by atoms with E-state index in [2.05, 4.69) is 5.32 Å². The Morgan fingerprint density at radius 3 is 2.25 bits per heavy atom. The molecule has 1 N–H and O–H groups in total. The van der Waals surface area contributed by atoms with Gasteiger partial charge in [0.25, 0.3) is 0 Å². The SMILES string of the molecule is CCC(CC)C(=O)NCCN(C1CCCC1)S(C)(=O)=O. The largest absolute Gasteiger partial charge is 0.355 e. The lowest BCUT2D eigenvalue weighted by Gasteiger charge is -2.26. The molecule has 1 saturated carbocycles. The lowest BCUT2D eigenvalue weighted by Crippen LogP contribution is -2.44. The van der Waals surface area contributed by atoms with E-state index in [1.165, 1.54) is 6.26 Å². The van der Waals surface area contributed by atoms with Gasteiger partial charge in [0.2, 0.25) is 15.9 Å². The molecule has 20 heavy (non-hydrogen) atoms. The van der Waals surface area contributed by atoms with Gasteiger partial charge in [-0.3, -0.25) is 4.79 Å². The summed E-state index contributed by atoms with van der Waals surface area (Å²) >= 11 is 0. The van der Waals surface area contributed by atoms with E-state index in [0.29, 0.717) is 13.1 Å². The van der Waals surface area contributed by atoms with E-state index < -0.39 is 10.0 Å². The maximum Gasteiger partial charge on any atom is 0.223 e. The van der Waals surface area contributed by atoms with Crippen LogP contribution in [0.4, 0.5) is 0 Å². The summed E-state index contributed by atoms with van der Waals surface area (Å²) < 4.78 is 25.3. The molecule has 0 spiro atoms. The van der Waals surface area contributed by atoms with Gasteiger partial charge in [0.1, 0.15) is 0 Å². The minimum atomic E-state index is -3.20. The van der Waals surface area contributed by atoms with E-state index in [1.54, 1.807) is 4.31 Å². The van der Waals surface area contributed by atoms with Crippen LogP contribution in [0.15, 0.2) is 0 Å². The molecule has 1 fully saturated rings. The Labute approximate surface area is 123 Å². The van der Waals surface area contributed by atoms with Gasteiger partial charge >= 0.3 is 0 Å². The van der Waals surface area contributed by atoms with E-state index in [-0.39, 0.29) is 17.9 Å². The zero-order chi connectivity index (χ0) is 15.2. The zero-order valence-corrected chi connectivity index (χ0v) is 13.7. The number of sulfonamides is 1. The number of amides is 1. The quantitative estimate of drug-likeness (QED) is 0.743. The molecule has 0 aromatic rings. The van der Waals surface area contributed by atoms with E-state index >= 15 is 0 Å². The number of carbonyl (C=O) groups excluding carboxylic acids is 1. The summed E-state index contributed by atoms with van der Waals surface area (Å²) in [5, 5.41) is 2.87. The predicted molar refractivity (Wildman–Crippen MR) is 80.9 cm³/mol. The molecule has 6 heteroatoms. The fraction of sp³-hybridized carbons (Fsp3) is 0.929.